The maximum atomic E-state index is 11.0. The van der Waals surface area contributed by atoms with Crippen LogP contribution in [0.15, 0.2) is 0 Å². The molecule has 0 rings (SSSR count). The molecule has 1 amide bonds. The Balaban J connectivity index is 3.11. The Morgan fingerprint density at radius 2 is 2.23 bits per heavy atom. The first-order valence-corrected chi connectivity index (χ1v) is 4.78. The molecular formula is C8H17NO3S. The van der Waals surface area contributed by atoms with Crippen molar-refractivity contribution in [3.05, 3.63) is 0 Å². The molecular weight excluding hydrogens is 190 g/mol. The number of rotatable bonds is 8. The molecule has 0 unspecified atom stereocenters. The molecule has 0 fully saturated rings. The third kappa shape index (κ3) is 9.66. The zero-order valence-corrected chi connectivity index (χ0v) is 8.81. The molecule has 0 aromatic carbocycles. The van der Waals surface area contributed by atoms with E-state index in [4.69, 9.17) is 4.74 Å². The van der Waals surface area contributed by atoms with Crippen molar-refractivity contribution in [3.63, 3.8) is 0 Å². The van der Waals surface area contributed by atoms with Gasteiger partial charge in [-0.3, -0.25) is 4.79 Å². The van der Waals surface area contributed by atoms with Gasteiger partial charge in [0.05, 0.1) is 13.2 Å². The normalized spacial score (nSPS) is 10.0. The van der Waals surface area contributed by atoms with Gasteiger partial charge in [-0.2, -0.15) is 0 Å². The predicted octanol–water partition coefficient (Wildman–Crippen LogP) is 0.781. The Hall–Kier alpha value is -0.260. The topological polar surface area (TPSA) is 47.6 Å². The second-order valence-electron chi connectivity index (χ2n) is 2.48. The largest absolute Gasteiger partial charge is 0.380 e. The lowest BCUT2D eigenvalue weighted by molar-refractivity contribution is -0.121. The van der Waals surface area contributed by atoms with E-state index in [1.165, 1.54) is 0 Å². The number of ether oxygens (including phenoxy) is 1. The van der Waals surface area contributed by atoms with Gasteiger partial charge in [-0.15, -0.1) is 0 Å². The van der Waals surface area contributed by atoms with Crippen molar-refractivity contribution in [2.75, 3.05) is 26.4 Å². The van der Waals surface area contributed by atoms with Gasteiger partial charge in [-0.05, 0) is 26.3 Å². The Morgan fingerprint density at radius 3 is 2.85 bits per heavy atom. The Kier molecular flexibility index (Phi) is 9.63. The minimum atomic E-state index is 0.0325. The summed E-state index contributed by atoms with van der Waals surface area (Å²) >= 11 is 3.57. The van der Waals surface area contributed by atoms with E-state index < -0.39 is 0 Å². The van der Waals surface area contributed by atoms with E-state index in [1.54, 1.807) is 0 Å². The first-order valence-electron chi connectivity index (χ1n) is 4.42. The maximum absolute atomic E-state index is 11.0. The van der Waals surface area contributed by atoms with Gasteiger partial charge < -0.3 is 14.2 Å². The van der Waals surface area contributed by atoms with Crippen LogP contribution in [0.3, 0.4) is 0 Å². The molecule has 1 N–H and O–H groups in total. The summed E-state index contributed by atoms with van der Waals surface area (Å²) in [5.74, 6) is 0.0325. The molecule has 0 saturated heterocycles. The molecule has 13 heavy (non-hydrogen) atoms. The van der Waals surface area contributed by atoms with E-state index in [9.17, 15) is 4.79 Å². The molecule has 0 aliphatic rings. The molecule has 0 radical (unpaired) electrons. The monoisotopic (exact) mass is 207 g/mol. The van der Waals surface area contributed by atoms with Crippen molar-refractivity contribution in [2.24, 2.45) is 0 Å². The van der Waals surface area contributed by atoms with E-state index in [2.05, 4.69) is 22.4 Å². The first kappa shape index (κ1) is 12.7. The van der Waals surface area contributed by atoms with Crippen molar-refractivity contribution < 1.29 is 13.7 Å². The Morgan fingerprint density at radius 1 is 1.46 bits per heavy atom. The Bertz CT molecular complexity index is 133. The van der Waals surface area contributed by atoms with Crippen molar-refractivity contribution in [2.45, 2.75) is 19.8 Å². The van der Waals surface area contributed by atoms with E-state index in [-0.39, 0.29) is 5.91 Å². The summed E-state index contributed by atoms with van der Waals surface area (Å²) in [6.45, 7) is 4.26. The molecule has 0 heterocycles. The molecule has 0 spiro atoms. The molecule has 0 saturated carbocycles. The Labute approximate surface area is 84.6 Å². The highest BCUT2D eigenvalue weighted by molar-refractivity contribution is 7.75. The summed E-state index contributed by atoms with van der Waals surface area (Å²) in [5, 5.41) is 2.73. The van der Waals surface area contributed by atoms with Gasteiger partial charge in [0.15, 0.2) is 0 Å². The smallest absolute Gasteiger partial charge is 0.220 e. The molecule has 5 heteroatoms. The summed E-state index contributed by atoms with van der Waals surface area (Å²) in [6.07, 6.45) is 1.18. The van der Waals surface area contributed by atoms with Crippen LogP contribution in [-0.2, 0) is 13.7 Å². The van der Waals surface area contributed by atoms with Gasteiger partial charge in [0.1, 0.15) is 0 Å². The van der Waals surface area contributed by atoms with Crippen LogP contribution in [0.25, 0.3) is 0 Å². The standard InChI is InChI=1S/C8H17NO3S/c1-2-11-7-5-9-8(10)4-3-6-12-13/h13H,2-7H2,1H3,(H,9,10). The lowest BCUT2D eigenvalue weighted by Gasteiger charge is -2.04. The summed E-state index contributed by atoms with van der Waals surface area (Å²) in [7, 11) is 0. The summed E-state index contributed by atoms with van der Waals surface area (Å²) in [6, 6.07) is 0. The molecule has 78 valence electrons. The molecule has 0 atom stereocenters. The van der Waals surface area contributed by atoms with Crippen LogP contribution in [0.1, 0.15) is 19.8 Å². The van der Waals surface area contributed by atoms with E-state index in [0.29, 0.717) is 39.2 Å². The van der Waals surface area contributed by atoms with Gasteiger partial charge in [0, 0.05) is 19.6 Å². The van der Waals surface area contributed by atoms with Gasteiger partial charge >= 0.3 is 0 Å². The summed E-state index contributed by atoms with van der Waals surface area (Å²) in [5.41, 5.74) is 0. The van der Waals surface area contributed by atoms with Crippen molar-refractivity contribution >= 4 is 18.8 Å². The fourth-order valence-corrected chi connectivity index (χ4v) is 0.922. The fourth-order valence-electron chi connectivity index (χ4n) is 0.793. The van der Waals surface area contributed by atoms with Crippen molar-refractivity contribution in [3.8, 4) is 0 Å². The average Bonchev–Trinajstić information content (AvgIpc) is 2.13. The fraction of sp³-hybridized carbons (Fsp3) is 0.875. The number of carbonyl (C=O) groups excluding carboxylic acids is 1. The molecule has 0 aliphatic carbocycles. The minimum Gasteiger partial charge on any atom is -0.380 e. The van der Waals surface area contributed by atoms with Crippen LogP contribution in [0.5, 0.6) is 0 Å². The van der Waals surface area contributed by atoms with Crippen LogP contribution in [0, 0.1) is 0 Å². The van der Waals surface area contributed by atoms with E-state index in [1.807, 2.05) is 6.92 Å². The second kappa shape index (κ2) is 9.83. The maximum Gasteiger partial charge on any atom is 0.220 e. The van der Waals surface area contributed by atoms with E-state index in [0.717, 1.165) is 0 Å². The molecule has 4 nitrogen and oxygen atoms in total. The molecule has 0 aromatic rings. The third-order valence-electron chi connectivity index (χ3n) is 1.41. The van der Waals surface area contributed by atoms with Gasteiger partial charge in [-0.25, -0.2) is 0 Å². The lowest BCUT2D eigenvalue weighted by Crippen LogP contribution is -2.27. The van der Waals surface area contributed by atoms with Crippen LogP contribution < -0.4 is 5.32 Å². The minimum absolute atomic E-state index is 0.0325. The number of nitrogens with one attached hydrogen (secondary N) is 1. The number of thiol groups is 1. The predicted molar refractivity (Wildman–Crippen MR) is 53.7 cm³/mol. The van der Waals surface area contributed by atoms with Gasteiger partial charge in [0.25, 0.3) is 0 Å². The number of hydrogen-bond acceptors (Lipinski definition) is 4. The van der Waals surface area contributed by atoms with Crippen molar-refractivity contribution in [1.29, 1.82) is 0 Å². The van der Waals surface area contributed by atoms with Crippen LogP contribution in [0.2, 0.25) is 0 Å². The van der Waals surface area contributed by atoms with Gasteiger partial charge in [-0.1, -0.05) is 0 Å². The highest BCUT2D eigenvalue weighted by atomic mass is 32.1. The van der Waals surface area contributed by atoms with E-state index >= 15 is 0 Å². The average molecular weight is 207 g/mol. The van der Waals surface area contributed by atoms with Crippen LogP contribution in [0.4, 0.5) is 0 Å². The number of carbonyl (C=O) groups is 1. The quantitative estimate of drug-likeness (QED) is 0.351. The second-order valence-corrected chi connectivity index (χ2v) is 2.74. The zero-order valence-electron chi connectivity index (χ0n) is 7.91. The SMILES string of the molecule is CCOCCNC(=O)CCCOS. The highest BCUT2D eigenvalue weighted by Gasteiger charge is 1.99. The first-order chi connectivity index (χ1) is 6.31. The number of hydrogen-bond donors (Lipinski definition) is 2. The van der Waals surface area contributed by atoms with Gasteiger partial charge in [0.2, 0.25) is 5.91 Å². The van der Waals surface area contributed by atoms with Crippen molar-refractivity contribution in [1.82, 2.24) is 5.32 Å². The highest BCUT2D eigenvalue weighted by Crippen LogP contribution is 1.91. The van der Waals surface area contributed by atoms with Crippen LogP contribution in [-0.4, -0.2) is 32.3 Å². The molecule has 0 bridgehead atoms. The number of amides is 1. The third-order valence-corrected chi connectivity index (χ3v) is 1.59. The summed E-state index contributed by atoms with van der Waals surface area (Å²) in [4.78, 5) is 11.0. The van der Waals surface area contributed by atoms with Crippen LogP contribution >= 0.6 is 12.9 Å². The molecule has 0 aliphatic heterocycles. The molecule has 0 aromatic heterocycles. The zero-order chi connectivity index (χ0) is 9.94. The lowest BCUT2D eigenvalue weighted by atomic mass is 10.3. The summed E-state index contributed by atoms with van der Waals surface area (Å²) < 4.78 is 9.58.